The summed E-state index contributed by atoms with van der Waals surface area (Å²) >= 11 is 0.975. The van der Waals surface area contributed by atoms with Gasteiger partial charge in [-0.2, -0.15) is 0 Å². The lowest BCUT2D eigenvalue weighted by Crippen LogP contribution is -2.35. The van der Waals surface area contributed by atoms with Crippen molar-refractivity contribution in [3.8, 4) is 5.19 Å². The summed E-state index contributed by atoms with van der Waals surface area (Å²) in [7, 11) is 0. The maximum Gasteiger partial charge on any atom is 0.347 e. The molecule has 7 heteroatoms. The molecule has 1 N–H and O–H groups in total. The fourth-order valence-corrected chi connectivity index (χ4v) is 2.47. The summed E-state index contributed by atoms with van der Waals surface area (Å²) in [6, 6.07) is 0.513. The number of nitro groups is 1. The van der Waals surface area contributed by atoms with E-state index in [-0.39, 0.29) is 5.00 Å². The number of hydrogen-bond donors (Lipinski definition) is 1. The number of nitrogens with one attached hydrogen (secondary N) is 1. The van der Waals surface area contributed by atoms with Crippen LogP contribution in [-0.4, -0.2) is 29.1 Å². The lowest BCUT2D eigenvalue weighted by Gasteiger charge is -2.22. The van der Waals surface area contributed by atoms with E-state index in [1.807, 2.05) is 0 Å². The third-order valence-corrected chi connectivity index (χ3v) is 3.62. The van der Waals surface area contributed by atoms with Crippen molar-refractivity contribution < 1.29 is 9.66 Å². The SMILES string of the molecule is O=[N+]([O-])c1cnc(OCCC2CCCCN2)s1. The van der Waals surface area contributed by atoms with E-state index in [1.165, 1.54) is 25.5 Å². The maximum atomic E-state index is 10.4. The minimum atomic E-state index is -0.451. The molecule has 0 spiro atoms. The van der Waals surface area contributed by atoms with E-state index >= 15 is 0 Å². The topological polar surface area (TPSA) is 77.3 Å². The third kappa shape index (κ3) is 3.64. The second-order valence-corrected chi connectivity index (χ2v) is 4.98. The Morgan fingerprint density at radius 1 is 1.65 bits per heavy atom. The quantitative estimate of drug-likeness (QED) is 0.644. The van der Waals surface area contributed by atoms with Crippen molar-refractivity contribution in [3.63, 3.8) is 0 Å². The molecule has 1 aromatic rings. The second kappa shape index (κ2) is 5.92. The largest absolute Gasteiger partial charge is 0.470 e. The molecule has 6 nitrogen and oxygen atoms in total. The predicted molar refractivity (Wildman–Crippen MR) is 64.5 cm³/mol. The molecule has 0 aliphatic carbocycles. The Labute approximate surface area is 103 Å². The van der Waals surface area contributed by atoms with Crippen LogP contribution in [0.4, 0.5) is 5.00 Å². The summed E-state index contributed by atoms with van der Waals surface area (Å²) in [5, 5.41) is 14.3. The molecular weight excluding hydrogens is 242 g/mol. The number of hydrogen-bond acceptors (Lipinski definition) is 6. The summed E-state index contributed by atoms with van der Waals surface area (Å²) in [5.41, 5.74) is 0. The fourth-order valence-electron chi connectivity index (χ4n) is 1.86. The summed E-state index contributed by atoms with van der Waals surface area (Å²) in [6.45, 7) is 1.63. The van der Waals surface area contributed by atoms with Crippen LogP contribution in [0.3, 0.4) is 0 Å². The van der Waals surface area contributed by atoms with Crippen LogP contribution < -0.4 is 10.1 Å². The molecule has 1 aliphatic heterocycles. The third-order valence-electron chi connectivity index (χ3n) is 2.76. The number of aromatic nitrogens is 1. The number of nitrogens with zero attached hydrogens (tertiary/aromatic N) is 2. The molecule has 1 aromatic heterocycles. The van der Waals surface area contributed by atoms with Crippen molar-refractivity contribution in [1.82, 2.24) is 10.3 Å². The van der Waals surface area contributed by atoms with Gasteiger partial charge in [0.05, 0.1) is 11.5 Å². The van der Waals surface area contributed by atoms with E-state index < -0.39 is 4.92 Å². The predicted octanol–water partition coefficient (Wildman–Crippen LogP) is 1.96. The van der Waals surface area contributed by atoms with Gasteiger partial charge < -0.3 is 10.1 Å². The first-order chi connectivity index (χ1) is 8.25. The van der Waals surface area contributed by atoms with Gasteiger partial charge in [0.2, 0.25) is 0 Å². The van der Waals surface area contributed by atoms with Gasteiger partial charge in [-0.05, 0) is 37.1 Å². The van der Waals surface area contributed by atoms with Crippen molar-refractivity contribution in [2.75, 3.05) is 13.2 Å². The number of thiazole rings is 1. The van der Waals surface area contributed by atoms with E-state index in [9.17, 15) is 10.1 Å². The molecule has 0 amide bonds. The Balaban J connectivity index is 1.71. The van der Waals surface area contributed by atoms with Crippen molar-refractivity contribution in [2.24, 2.45) is 0 Å². The van der Waals surface area contributed by atoms with Gasteiger partial charge in [-0.1, -0.05) is 6.42 Å². The Morgan fingerprint density at radius 2 is 2.53 bits per heavy atom. The molecular formula is C10H15N3O3S. The first kappa shape index (κ1) is 12.3. The molecule has 1 aliphatic rings. The van der Waals surface area contributed by atoms with Crippen molar-refractivity contribution in [2.45, 2.75) is 31.7 Å². The fraction of sp³-hybridized carbons (Fsp3) is 0.700. The van der Waals surface area contributed by atoms with Crippen LogP contribution in [0.15, 0.2) is 6.20 Å². The van der Waals surface area contributed by atoms with Crippen LogP contribution in [0.2, 0.25) is 0 Å². The van der Waals surface area contributed by atoms with Gasteiger partial charge in [0, 0.05) is 6.04 Å². The van der Waals surface area contributed by atoms with E-state index in [0.29, 0.717) is 17.8 Å². The monoisotopic (exact) mass is 257 g/mol. The molecule has 1 fully saturated rings. The highest BCUT2D eigenvalue weighted by Gasteiger charge is 2.14. The molecule has 17 heavy (non-hydrogen) atoms. The smallest absolute Gasteiger partial charge is 0.347 e. The van der Waals surface area contributed by atoms with Crippen molar-refractivity contribution in [1.29, 1.82) is 0 Å². The lowest BCUT2D eigenvalue weighted by atomic mass is 10.0. The van der Waals surface area contributed by atoms with Crippen molar-refractivity contribution >= 4 is 16.3 Å². The highest BCUT2D eigenvalue weighted by Crippen LogP contribution is 2.27. The van der Waals surface area contributed by atoms with Gasteiger partial charge in [0.1, 0.15) is 6.20 Å². The van der Waals surface area contributed by atoms with Crippen LogP contribution in [0.5, 0.6) is 5.19 Å². The van der Waals surface area contributed by atoms with E-state index in [4.69, 9.17) is 4.74 Å². The zero-order valence-electron chi connectivity index (χ0n) is 9.42. The minimum absolute atomic E-state index is 0.0239. The van der Waals surface area contributed by atoms with Gasteiger partial charge >= 0.3 is 5.00 Å². The zero-order valence-corrected chi connectivity index (χ0v) is 10.2. The van der Waals surface area contributed by atoms with Gasteiger partial charge in [0.15, 0.2) is 0 Å². The zero-order chi connectivity index (χ0) is 12.1. The Bertz CT molecular complexity index is 377. The van der Waals surface area contributed by atoms with Crippen LogP contribution in [0.25, 0.3) is 0 Å². The number of rotatable bonds is 5. The maximum absolute atomic E-state index is 10.4. The Hall–Kier alpha value is -1.21. The highest BCUT2D eigenvalue weighted by atomic mass is 32.1. The van der Waals surface area contributed by atoms with E-state index in [0.717, 1.165) is 24.3 Å². The first-order valence-electron chi connectivity index (χ1n) is 5.72. The van der Waals surface area contributed by atoms with Gasteiger partial charge in [-0.25, -0.2) is 4.98 Å². The van der Waals surface area contributed by atoms with Gasteiger partial charge in [0.25, 0.3) is 5.19 Å². The average molecular weight is 257 g/mol. The molecule has 0 aromatic carbocycles. The summed E-state index contributed by atoms with van der Waals surface area (Å²) in [5.74, 6) is 0. The molecule has 2 heterocycles. The van der Waals surface area contributed by atoms with E-state index in [1.54, 1.807) is 0 Å². The average Bonchev–Trinajstić information content (AvgIpc) is 2.79. The van der Waals surface area contributed by atoms with Gasteiger partial charge in [-0.15, -0.1) is 0 Å². The molecule has 94 valence electrons. The normalized spacial score (nSPS) is 20.1. The summed E-state index contributed by atoms with van der Waals surface area (Å²) in [4.78, 5) is 13.8. The van der Waals surface area contributed by atoms with Crippen LogP contribution in [0.1, 0.15) is 25.7 Å². The van der Waals surface area contributed by atoms with Crippen LogP contribution in [-0.2, 0) is 0 Å². The minimum Gasteiger partial charge on any atom is -0.470 e. The Kier molecular flexibility index (Phi) is 4.27. The Morgan fingerprint density at radius 3 is 3.18 bits per heavy atom. The molecule has 1 saturated heterocycles. The van der Waals surface area contributed by atoms with Gasteiger partial charge in [-0.3, -0.25) is 10.1 Å². The van der Waals surface area contributed by atoms with Crippen molar-refractivity contribution in [3.05, 3.63) is 16.3 Å². The second-order valence-electron chi connectivity index (χ2n) is 4.01. The van der Waals surface area contributed by atoms with Crippen LogP contribution >= 0.6 is 11.3 Å². The summed E-state index contributed by atoms with van der Waals surface area (Å²) in [6.07, 6.45) is 5.85. The standard InChI is InChI=1S/C10H15N3O3S/c14-13(15)9-7-12-10(17-9)16-6-4-8-3-1-2-5-11-8/h7-8,11H,1-6H2. The molecule has 0 bridgehead atoms. The van der Waals surface area contributed by atoms with Crippen LogP contribution in [0, 0.1) is 10.1 Å². The molecule has 0 radical (unpaired) electrons. The lowest BCUT2D eigenvalue weighted by molar-refractivity contribution is -0.380. The molecule has 1 atom stereocenters. The van der Waals surface area contributed by atoms with E-state index in [2.05, 4.69) is 10.3 Å². The summed E-state index contributed by atoms with van der Waals surface area (Å²) < 4.78 is 5.40. The number of piperidine rings is 1. The number of ether oxygens (including phenoxy) is 1. The highest BCUT2D eigenvalue weighted by molar-refractivity contribution is 7.16. The molecule has 2 rings (SSSR count). The first-order valence-corrected chi connectivity index (χ1v) is 6.54. The molecule has 0 saturated carbocycles. The molecule has 1 unspecified atom stereocenters.